The van der Waals surface area contributed by atoms with Crippen molar-refractivity contribution >= 4 is 5.69 Å². The zero-order valence-corrected chi connectivity index (χ0v) is 8.10. The van der Waals surface area contributed by atoms with Gasteiger partial charge in [-0.1, -0.05) is 0 Å². The van der Waals surface area contributed by atoms with E-state index in [9.17, 15) is 4.39 Å². The van der Waals surface area contributed by atoms with Gasteiger partial charge in [0.05, 0.1) is 6.10 Å². The Morgan fingerprint density at radius 1 is 1.38 bits per heavy atom. The smallest absolute Gasteiger partial charge is 0.167 e. The largest absolute Gasteiger partial charge is 0.488 e. The van der Waals surface area contributed by atoms with Gasteiger partial charge in [-0.05, 0) is 32.4 Å². The fourth-order valence-corrected chi connectivity index (χ4v) is 1.14. The summed E-state index contributed by atoms with van der Waals surface area (Å²) in [6.07, 6.45) is -0.0307. The van der Waals surface area contributed by atoms with Crippen LogP contribution in [-0.4, -0.2) is 6.10 Å². The monoisotopic (exact) mass is 183 g/mol. The summed E-state index contributed by atoms with van der Waals surface area (Å²) in [6, 6.07) is 2.96. The molecule has 1 aromatic carbocycles. The van der Waals surface area contributed by atoms with Gasteiger partial charge in [-0.3, -0.25) is 0 Å². The number of benzene rings is 1. The van der Waals surface area contributed by atoms with Crippen molar-refractivity contribution in [2.24, 2.45) is 0 Å². The number of halogens is 1. The molecule has 1 aromatic rings. The number of nitrogens with two attached hydrogens (primary N) is 1. The molecule has 0 fully saturated rings. The maximum atomic E-state index is 13.3. The van der Waals surface area contributed by atoms with Crippen molar-refractivity contribution in [1.29, 1.82) is 0 Å². The molecule has 0 aliphatic carbocycles. The van der Waals surface area contributed by atoms with Gasteiger partial charge in [0.1, 0.15) is 0 Å². The van der Waals surface area contributed by atoms with E-state index in [-0.39, 0.29) is 6.10 Å². The fraction of sp³-hybridized carbons (Fsp3) is 0.400. The second-order valence-corrected chi connectivity index (χ2v) is 3.32. The predicted octanol–water partition coefficient (Wildman–Crippen LogP) is 2.50. The highest BCUT2D eigenvalue weighted by atomic mass is 19.1. The summed E-state index contributed by atoms with van der Waals surface area (Å²) in [5, 5.41) is 0. The first-order valence-electron chi connectivity index (χ1n) is 4.23. The van der Waals surface area contributed by atoms with E-state index in [0.29, 0.717) is 11.4 Å². The lowest BCUT2D eigenvalue weighted by atomic mass is 10.2. The maximum absolute atomic E-state index is 13.3. The van der Waals surface area contributed by atoms with Gasteiger partial charge >= 0.3 is 0 Å². The lowest BCUT2D eigenvalue weighted by molar-refractivity contribution is 0.229. The zero-order valence-electron chi connectivity index (χ0n) is 8.10. The van der Waals surface area contributed by atoms with Crippen LogP contribution in [0.15, 0.2) is 12.1 Å². The number of hydrogen-bond acceptors (Lipinski definition) is 2. The van der Waals surface area contributed by atoms with Crippen LogP contribution in [0.3, 0.4) is 0 Å². The zero-order chi connectivity index (χ0) is 10.0. The first kappa shape index (κ1) is 9.84. The SMILES string of the molecule is Cc1cc(N)cc(F)c1OC(C)C. The average molecular weight is 183 g/mol. The van der Waals surface area contributed by atoms with Crippen molar-refractivity contribution in [3.05, 3.63) is 23.5 Å². The molecule has 13 heavy (non-hydrogen) atoms. The van der Waals surface area contributed by atoms with Crippen LogP contribution >= 0.6 is 0 Å². The Balaban J connectivity index is 3.06. The summed E-state index contributed by atoms with van der Waals surface area (Å²) in [4.78, 5) is 0. The van der Waals surface area contributed by atoms with Crippen molar-refractivity contribution in [2.75, 3.05) is 5.73 Å². The van der Waals surface area contributed by atoms with Gasteiger partial charge in [-0.25, -0.2) is 4.39 Å². The summed E-state index contributed by atoms with van der Waals surface area (Å²) >= 11 is 0. The van der Waals surface area contributed by atoms with Crippen LogP contribution in [0.5, 0.6) is 5.75 Å². The van der Waals surface area contributed by atoms with Crippen molar-refractivity contribution in [2.45, 2.75) is 26.9 Å². The van der Waals surface area contributed by atoms with E-state index >= 15 is 0 Å². The molecular weight excluding hydrogens is 169 g/mol. The molecule has 0 aliphatic heterocycles. The van der Waals surface area contributed by atoms with Crippen molar-refractivity contribution in [1.82, 2.24) is 0 Å². The maximum Gasteiger partial charge on any atom is 0.167 e. The third kappa shape index (κ3) is 2.34. The molecule has 0 aliphatic rings. The van der Waals surface area contributed by atoms with Gasteiger partial charge in [0, 0.05) is 11.8 Å². The first-order valence-corrected chi connectivity index (χ1v) is 4.23. The molecule has 0 amide bonds. The molecule has 72 valence electrons. The van der Waals surface area contributed by atoms with Crippen molar-refractivity contribution in [3.8, 4) is 5.75 Å². The van der Waals surface area contributed by atoms with Crippen LogP contribution in [0, 0.1) is 12.7 Å². The van der Waals surface area contributed by atoms with E-state index in [2.05, 4.69) is 0 Å². The van der Waals surface area contributed by atoms with Gasteiger partial charge < -0.3 is 10.5 Å². The van der Waals surface area contributed by atoms with E-state index in [4.69, 9.17) is 10.5 Å². The molecule has 0 radical (unpaired) electrons. The van der Waals surface area contributed by atoms with Crippen LogP contribution in [-0.2, 0) is 0 Å². The predicted molar refractivity (Wildman–Crippen MR) is 51.3 cm³/mol. The third-order valence-corrected chi connectivity index (χ3v) is 1.61. The fourth-order valence-electron chi connectivity index (χ4n) is 1.14. The number of nitrogen functional groups attached to an aromatic ring is 1. The Morgan fingerprint density at radius 3 is 2.46 bits per heavy atom. The minimum atomic E-state index is -0.397. The van der Waals surface area contributed by atoms with Gasteiger partial charge in [0.15, 0.2) is 11.6 Å². The van der Waals surface area contributed by atoms with Gasteiger partial charge in [-0.2, -0.15) is 0 Å². The number of aryl methyl sites for hydroxylation is 1. The van der Waals surface area contributed by atoms with E-state index in [1.54, 1.807) is 13.0 Å². The molecule has 0 heterocycles. The number of anilines is 1. The summed E-state index contributed by atoms with van der Waals surface area (Å²) in [6.45, 7) is 5.49. The summed E-state index contributed by atoms with van der Waals surface area (Å²) in [5.41, 5.74) is 6.61. The molecular formula is C10H14FNO. The number of rotatable bonds is 2. The Bertz CT molecular complexity index is 287. The molecule has 0 saturated heterocycles. The van der Waals surface area contributed by atoms with Crippen LogP contribution < -0.4 is 10.5 Å². The normalized spacial score (nSPS) is 10.5. The Morgan fingerprint density at radius 2 is 2.00 bits per heavy atom. The lowest BCUT2D eigenvalue weighted by Gasteiger charge is -2.13. The lowest BCUT2D eigenvalue weighted by Crippen LogP contribution is -2.08. The number of hydrogen-bond donors (Lipinski definition) is 1. The van der Waals surface area contributed by atoms with Crippen LogP contribution in [0.4, 0.5) is 10.1 Å². The van der Waals surface area contributed by atoms with E-state index < -0.39 is 5.82 Å². The molecule has 3 heteroatoms. The summed E-state index contributed by atoms with van der Waals surface area (Å²) < 4.78 is 18.6. The molecule has 2 nitrogen and oxygen atoms in total. The molecule has 0 saturated carbocycles. The van der Waals surface area contributed by atoms with Crippen LogP contribution in [0.2, 0.25) is 0 Å². The van der Waals surface area contributed by atoms with Crippen LogP contribution in [0.25, 0.3) is 0 Å². The second kappa shape index (κ2) is 3.64. The molecule has 0 atom stereocenters. The molecule has 0 aromatic heterocycles. The third-order valence-electron chi connectivity index (χ3n) is 1.61. The average Bonchev–Trinajstić information content (AvgIpc) is 1.96. The highest BCUT2D eigenvalue weighted by molar-refractivity contribution is 5.48. The quantitative estimate of drug-likeness (QED) is 0.715. The minimum Gasteiger partial charge on any atom is -0.488 e. The standard InChI is InChI=1S/C10H14FNO/c1-6(2)13-10-7(3)4-8(12)5-9(10)11/h4-6H,12H2,1-3H3. The highest BCUT2D eigenvalue weighted by Crippen LogP contribution is 2.25. The van der Waals surface area contributed by atoms with E-state index in [1.807, 2.05) is 13.8 Å². The van der Waals surface area contributed by atoms with Crippen molar-refractivity contribution in [3.63, 3.8) is 0 Å². The summed E-state index contributed by atoms with van der Waals surface area (Å²) in [5.74, 6) is -0.101. The molecule has 1 rings (SSSR count). The first-order chi connectivity index (χ1) is 6.00. The Hall–Kier alpha value is -1.25. The Labute approximate surface area is 77.5 Å². The van der Waals surface area contributed by atoms with Gasteiger partial charge in [0.2, 0.25) is 0 Å². The van der Waals surface area contributed by atoms with Crippen LogP contribution in [0.1, 0.15) is 19.4 Å². The van der Waals surface area contributed by atoms with Gasteiger partial charge in [0.25, 0.3) is 0 Å². The van der Waals surface area contributed by atoms with E-state index in [0.717, 1.165) is 5.56 Å². The molecule has 0 unspecified atom stereocenters. The van der Waals surface area contributed by atoms with Gasteiger partial charge in [-0.15, -0.1) is 0 Å². The highest BCUT2D eigenvalue weighted by Gasteiger charge is 2.09. The topological polar surface area (TPSA) is 35.2 Å². The molecule has 0 bridgehead atoms. The minimum absolute atomic E-state index is 0.0307. The Kier molecular flexibility index (Phi) is 2.76. The summed E-state index contributed by atoms with van der Waals surface area (Å²) in [7, 11) is 0. The second-order valence-electron chi connectivity index (χ2n) is 3.32. The molecule has 2 N–H and O–H groups in total. The van der Waals surface area contributed by atoms with Crippen molar-refractivity contribution < 1.29 is 9.13 Å². The molecule has 0 spiro atoms. The number of ether oxygens (including phenoxy) is 1. The van der Waals surface area contributed by atoms with E-state index in [1.165, 1.54) is 6.07 Å².